The fourth-order valence-corrected chi connectivity index (χ4v) is 3.53. The van der Waals surface area contributed by atoms with E-state index in [0.29, 0.717) is 6.04 Å². The number of aryl methyl sites for hydroxylation is 1. The maximum Gasteiger partial charge on any atom is 0.0985 e. The molecular weight excluding hydrogens is 228 g/mol. The molecule has 1 aliphatic rings. The van der Waals surface area contributed by atoms with E-state index in [9.17, 15) is 0 Å². The van der Waals surface area contributed by atoms with Gasteiger partial charge in [-0.2, -0.15) is 0 Å². The zero-order valence-electron chi connectivity index (χ0n) is 11.5. The van der Waals surface area contributed by atoms with E-state index < -0.39 is 0 Å². The van der Waals surface area contributed by atoms with Crippen LogP contribution in [-0.2, 0) is 11.8 Å². The first kappa shape index (κ1) is 13.0. The Balaban J connectivity index is 2.22. The standard InChI is InChI=1S/C14H24N2S/c1-5-9-15-10-7-6-8-11-12(10)17-13(16-11)14(2,3)4/h10,15H,5-9H2,1-4H3. The Bertz CT molecular complexity index is 376. The molecule has 17 heavy (non-hydrogen) atoms. The summed E-state index contributed by atoms with van der Waals surface area (Å²) in [6.45, 7) is 10.1. The smallest absolute Gasteiger partial charge is 0.0985 e. The van der Waals surface area contributed by atoms with Crippen LogP contribution in [0.2, 0.25) is 0 Å². The molecule has 0 fully saturated rings. The van der Waals surface area contributed by atoms with Crippen molar-refractivity contribution in [1.29, 1.82) is 0 Å². The minimum atomic E-state index is 0.192. The normalized spacial score (nSPS) is 20.4. The van der Waals surface area contributed by atoms with Crippen molar-refractivity contribution >= 4 is 11.3 Å². The molecule has 0 radical (unpaired) electrons. The van der Waals surface area contributed by atoms with E-state index in [1.165, 1.54) is 41.3 Å². The molecule has 0 aliphatic heterocycles. The van der Waals surface area contributed by atoms with Crippen LogP contribution in [0, 0.1) is 0 Å². The van der Waals surface area contributed by atoms with Crippen LogP contribution in [0.25, 0.3) is 0 Å². The van der Waals surface area contributed by atoms with Gasteiger partial charge < -0.3 is 5.32 Å². The van der Waals surface area contributed by atoms with E-state index in [2.05, 4.69) is 33.0 Å². The largest absolute Gasteiger partial charge is 0.309 e. The summed E-state index contributed by atoms with van der Waals surface area (Å²) in [6, 6.07) is 0.562. The average Bonchev–Trinajstić information content (AvgIpc) is 2.70. The first-order chi connectivity index (χ1) is 8.02. The second kappa shape index (κ2) is 5.07. The predicted octanol–water partition coefficient (Wildman–Crippen LogP) is 3.82. The summed E-state index contributed by atoms with van der Waals surface area (Å²) >= 11 is 1.93. The molecule has 0 amide bonds. The highest BCUT2D eigenvalue weighted by Crippen LogP contribution is 2.38. The maximum atomic E-state index is 4.86. The SMILES string of the molecule is CCCNC1CCCc2nc(C(C)(C)C)sc21. The lowest BCUT2D eigenvalue weighted by molar-refractivity contribution is 0.464. The highest BCUT2D eigenvalue weighted by atomic mass is 32.1. The summed E-state index contributed by atoms with van der Waals surface area (Å²) in [6.07, 6.45) is 4.93. The number of rotatable bonds is 3. The quantitative estimate of drug-likeness (QED) is 0.884. The Morgan fingerprint density at radius 3 is 2.82 bits per heavy atom. The summed E-state index contributed by atoms with van der Waals surface area (Å²) in [5, 5.41) is 4.96. The Labute approximate surface area is 109 Å². The molecule has 0 saturated heterocycles. The van der Waals surface area contributed by atoms with Crippen LogP contribution in [-0.4, -0.2) is 11.5 Å². The maximum absolute atomic E-state index is 4.86. The van der Waals surface area contributed by atoms with Gasteiger partial charge in [0.2, 0.25) is 0 Å². The second-order valence-corrected chi connectivity index (χ2v) is 7.01. The third kappa shape index (κ3) is 2.89. The Morgan fingerprint density at radius 2 is 2.18 bits per heavy atom. The molecule has 3 heteroatoms. The van der Waals surface area contributed by atoms with Crippen molar-refractivity contribution in [3.8, 4) is 0 Å². The van der Waals surface area contributed by atoms with Gasteiger partial charge >= 0.3 is 0 Å². The zero-order chi connectivity index (χ0) is 12.5. The van der Waals surface area contributed by atoms with Gasteiger partial charge in [0.1, 0.15) is 0 Å². The molecule has 1 aromatic rings. The molecule has 1 unspecified atom stereocenters. The van der Waals surface area contributed by atoms with Crippen LogP contribution >= 0.6 is 11.3 Å². The number of nitrogens with zero attached hydrogens (tertiary/aromatic N) is 1. The lowest BCUT2D eigenvalue weighted by atomic mass is 9.96. The van der Waals surface area contributed by atoms with Crippen LogP contribution in [0.3, 0.4) is 0 Å². The molecule has 1 heterocycles. The van der Waals surface area contributed by atoms with Gasteiger partial charge in [0.25, 0.3) is 0 Å². The van der Waals surface area contributed by atoms with E-state index in [0.717, 1.165) is 6.54 Å². The molecule has 2 nitrogen and oxygen atoms in total. The van der Waals surface area contributed by atoms with E-state index >= 15 is 0 Å². The van der Waals surface area contributed by atoms with Crippen molar-refractivity contribution in [2.75, 3.05) is 6.54 Å². The number of aromatic nitrogens is 1. The van der Waals surface area contributed by atoms with Gasteiger partial charge in [-0.25, -0.2) is 4.98 Å². The van der Waals surface area contributed by atoms with Crippen molar-refractivity contribution < 1.29 is 0 Å². The Hall–Kier alpha value is -0.410. The predicted molar refractivity (Wildman–Crippen MR) is 74.8 cm³/mol. The van der Waals surface area contributed by atoms with E-state index in [1.807, 2.05) is 11.3 Å². The topological polar surface area (TPSA) is 24.9 Å². The van der Waals surface area contributed by atoms with Crippen LogP contribution in [0.5, 0.6) is 0 Å². The molecule has 2 rings (SSSR count). The summed E-state index contributed by atoms with van der Waals surface area (Å²) in [5.74, 6) is 0. The van der Waals surface area contributed by atoms with Crippen LogP contribution in [0.1, 0.15) is 68.6 Å². The average molecular weight is 252 g/mol. The fraction of sp³-hybridized carbons (Fsp3) is 0.786. The monoisotopic (exact) mass is 252 g/mol. The van der Waals surface area contributed by atoms with Gasteiger partial charge in [0.15, 0.2) is 0 Å². The van der Waals surface area contributed by atoms with Gasteiger partial charge in [-0.05, 0) is 32.2 Å². The minimum absolute atomic E-state index is 0.192. The van der Waals surface area contributed by atoms with Crippen molar-refractivity contribution in [3.63, 3.8) is 0 Å². The first-order valence-corrected chi connectivity index (χ1v) is 7.57. The zero-order valence-corrected chi connectivity index (χ0v) is 12.3. The van der Waals surface area contributed by atoms with E-state index in [-0.39, 0.29) is 5.41 Å². The molecule has 1 aromatic heterocycles. The van der Waals surface area contributed by atoms with E-state index in [1.54, 1.807) is 0 Å². The first-order valence-electron chi connectivity index (χ1n) is 6.76. The molecule has 0 bridgehead atoms. The lowest BCUT2D eigenvalue weighted by Crippen LogP contribution is -2.24. The molecule has 0 spiro atoms. The van der Waals surface area contributed by atoms with Crippen LogP contribution < -0.4 is 5.32 Å². The van der Waals surface area contributed by atoms with E-state index in [4.69, 9.17) is 4.98 Å². The minimum Gasteiger partial charge on any atom is -0.309 e. The van der Waals surface area contributed by atoms with Gasteiger partial charge in [-0.15, -0.1) is 11.3 Å². The number of nitrogens with one attached hydrogen (secondary N) is 1. The lowest BCUT2D eigenvalue weighted by Gasteiger charge is -2.22. The number of hydrogen-bond donors (Lipinski definition) is 1. The molecule has 0 saturated carbocycles. The van der Waals surface area contributed by atoms with Gasteiger partial charge in [-0.1, -0.05) is 27.7 Å². The molecule has 1 atom stereocenters. The molecule has 1 aliphatic carbocycles. The number of thiazole rings is 1. The summed E-state index contributed by atoms with van der Waals surface area (Å²) in [7, 11) is 0. The molecule has 0 aromatic carbocycles. The highest BCUT2D eigenvalue weighted by molar-refractivity contribution is 7.12. The van der Waals surface area contributed by atoms with Crippen LogP contribution in [0.4, 0.5) is 0 Å². The second-order valence-electron chi connectivity index (χ2n) is 5.98. The molecular formula is C14H24N2S. The van der Waals surface area contributed by atoms with Crippen molar-refractivity contribution in [3.05, 3.63) is 15.6 Å². The molecule has 96 valence electrons. The van der Waals surface area contributed by atoms with Gasteiger partial charge in [-0.3, -0.25) is 0 Å². The third-order valence-electron chi connectivity index (χ3n) is 3.23. The molecule has 1 N–H and O–H groups in total. The van der Waals surface area contributed by atoms with Crippen molar-refractivity contribution in [2.45, 2.75) is 64.8 Å². The number of fused-ring (bicyclic) bond motifs is 1. The summed E-state index contributed by atoms with van der Waals surface area (Å²) in [4.78, 5) is 6.37. The number of hydrogen-bond acceptors (Lipinski definition) is 3. The van der Waals surface area contributed by atoms with Crippen molar-refractivity contribution in [2.24, 2.45) is 0 Å². The fourth-order valence-electron chi connectivity index (χ4n) is 2.25. The highest BCUT2D eigenvalue weighted by Gasteiger charge is 2.27. The third-order valence-corrected chi connectivity index (χ3v) is 4.87. The van der Waals surface area contributed by atoms with Crippen molar-refractivity contribution in [1.82, 2.24) is 10.3 Å². The Kier molecular flexibility index (Phi) is 3.88. The Morgan fingerprint density at radius 1 is 1.41 bits per heavy atom. The van der Waals surface area contributed by atoms with Crippen LogP contribution in [0.15, 0.2) is 0 Å². The summed E-state index contributed by atoms with van der Waals surface area (Å²) in [5.41, 5.74) is 1.55. The summed E-state index contributed by atoms with van der Waals surface area (Å²) < 4.78 is 0. The van der Waals surface area contributed by atoms with Gasteiger partial charge in [0.05, 0.1) is 10.7 Å². The van der Waals surface area contributed by atoms with Gasteiger partial charge in [0, 0.05) is 16.3 Å².